The first-order chi connectivity index (χ1) is 7.95. The van der Waals surface area contributed by atoms with Crippen LogP contribution in [-0.2, 0) is 6.54 Å². The molecule has 0 saturated heterocycles. The summed E-state index contributed by atoms with van der Waals surface area (Å²) in [6.45, 7) is 3.97. The molecule has 1 aromatic heterocycles. The van der Waals surface area contributed by atoms with Crippen LogP contribution in [0.5, 0.6) is 0 Å². The Morgan fingerprint density at radius 2 is 2.12 bits per heavy atom. The van der Waals surface area contributed by atoms with Gasteiger partial charge in [0.05, 0.1) is 5.69 Å². The number of aromatic carboxylic acids is 1. The third-order valence-corrected chi connectivity index (χ3v) is 2.93. The number of nitrogens with one attached hydrogen (secondary N) is 1. The van der Waals surface area contributed by atoms with Gasteiger partial charge >= 0.3 is 5.97 Å². The Hall–Kier alpha value is -1.49. The molecule has 0 aliphatic rings. The van der Waals surface area contributed by atoms with E-state index in [0.717, 1.165) is 6.42 Å². The van der Waals surface area contributed by atoms with Crippen molar-refractivity contribution in [3.63, 3.8) is 0 Å². The van der Waals surface area contributed by atoms with Gasteiger partial charge in [0.1, 0.15) is 10.6 Å². The second kappa shape index (κ2) is 5.23. The van der Waals surface area contributed by atoms with Crippen molar-refractivity contribution in [1.29, 1.82) is 0 Å². The standard InChI is InChI=1S/C11H15ClN2O3/c1-4-5-14-6(2)7(11(16)17)9(13-3)8(12)10(14)15/h13H,4-5H2,1-3H3,(H,16,17). The lowest BCUT2D eigenvalue weighted by Gasteiger charge is -2.16. The monoisotopic (exact) mass is 258 g/mol. The van der Waals surface area contributed by atoms with Crippen molar-refractivity contribution in [1.82, 2.24) is 4.57 Å². The first-order valence-electron chi connectivity index (χ1n) is 5.29. The summed E-state index contributed by atoms with van der Waals surface area (Å²) in [5, 5.41) is 11.8. The van der Waals surface area contributed by atoms with Crippen LogP contribution >= 0.6 is 11.6 Å². The maximum absolute atomic E-state index is 11.9. The van der Waals surface area contributed by atoms with Gasteiger partial charge in [-0.15, -0.1) is 0 Å². The molecule has 0 fully saturated rings. The van der Waals surface area contributed by atoms with E-state index in [9.17, 15) is 14.7 Å². The van der Waals surface area contributed by atoms with E-state index in [2.05, 4.69) is 5.32 Å². The minimum atomic E-state index is -1.10. The summed E-state index contributed by atoms with van der Waals surface area (Å²) >= 11 is 5.90. The Morgan fingerprint density at radius 3 is 2.53 bits per heavy atom. The van der Waals surface area contributed by atoms with Gasteiger partial charge in [0.15, 0.2) is 0 Å². The Morgan fingerprint density at radius 1 is 1.53 bits per heavy atom. The molecule has 17 heavy (non-hydrogen) atoms. The number of carboxylic acids is 1. The van der Waals surface area contributed by atoms with Gasteiger partial charge in [-0.25, -0.2) is 4.79 Å². The molecule has 0 spiro atoms. The first kappa shape index (κ1) is 13.6. The van der Waals surface area contributed by atoms with Gasteiger partial charge in [-0.3, -0.25) is 4.79 Å². The molecule has 94 valence electrons. The van der Waals surface area contributed by atoms with Gasteiger partial charge < -0.3 is 15.0 Å². The molecule has 1 rings (SSSR count). The number of halogens is 1. The number of anilines is 1. The average molecular weight is 259 g/mol. The molecule has 0 saturated carbocycles. The highest BCUT2D eigenvalue weighted by molar-refractivity contribution is 6.33. The van der Waals surface area contributed by atoms with Crippen molar-refractivity contribution >= 4 is 23.3 Å². The van der Waals surface area contributed by atoms with E-state index in [1.54, 1.807) is 6.92 Å². The zero-order valence-electron chi connectivity index (χ0n) is 10.0. The number of hydrogen-bond donors (Lipinski definition) is 2. The molecule has 0 aliphatic heterocycles. The summed E-state index contributed by atoms with van der Waals surface area (Å²) in [7, 11) is 1.54. The van der Waals surface area contributed by atoms with E-state index >= 15 is 0 Å². The Kier molecular flexibility index (Phi) is 4.17. The lowest BCUT2D eigenvalue weighted by atomic mass is 10.1. The van der Waals surface area contributed by atoms with E-state index in [1.165, 1.54) is 11.6 Å². The highest BCUT2D eigenvalue weighted by Crippen LogP contribution is 2.25. The van der Waals surface area contributed by atoms with Crippen molar-refractivity contribution in [2.45, 2.75) is 26.8 Å². The summed E-state index contributed by atoms with van der Waals surface area (Å²) in [6.07, 6.45) is 0.731. The predicted octanol–water partition coefficient (Wildman–Crippen LogP) is 1.96. The van der Waals surface area contributed by atoms with Crippen LogP contribution < -0.4 is 10.9 Å². The van der Waals surface area contributed by atoms with Crippen LogP contribution in [0.1, 0.15) is 29.4 Å². The van der Waals surface area contributed by atoms with Crippen molar-refractivity contribution in [3.05, 3.63) is 26.6 Å². The highest BCUT2D eigenvalue weighted by Gasteiger charge is 2.21. The Bertz CT molecular complexity index is 508. The fourth-order valence-corrected chi connectivity index (χ4v) is 2.08. The molecule has 0 radical (unpaired) electrons. The van der Waals surface area contributed by atoms with Gasteiger partial charge in [0, 0.05) is 19.3 Å². The summed E-state index contributed by atoms with van der Waals surface area (Å²) < 4.78 is 1.40. The van der Waals surface area contributed by atoms with Gasteiger partial charge in [0.2, 0.25) is 0 Å². The van der Waals surface area contributed by atoms with Crippen LogP contribution in [-0.4, -0.2) is 22.7 Å². The van der Waals surface area contributed by atoms with Crippen molar-refractivity contribution in [3.8, 4) is 0 Å². The van der Waals surface area contributed by atoms with Crippen LogP contribution in [0.25, 0.3) is 0 Å². The van der Waals surface area contributed by atoms with Crippen LogP contribution in [0, 0.1) is 6.92 Å². The molecule has 0 atom stereocenters. The lowest BCUT2D eigenvalue weighted by Crippen LogP contribution is -2.27. The van der Waals surface area contributed by atoms with Crippen LogP contribution in [0.15, 0.2) is 4.79 Å². The van der Waals surface area contributed by atoms with Crippen molar-refractivity contribution in [2.75, 3.05) is 12.4 Å². The smallest absolute Gasteiger partial charge is 0.339 e. The minimum Gasteiger partial charge on any atom is -0.478 e. The summed E-state index contributed by atoms with van der Waals surface area (Å²) in [4.78, 5) is 23.1. The maximum atomic E-state index is 11.9. The predicted molar refractivity (Wildman–Crippen MR) is 67.2 cm³/mol. The SMILES string of the molecule is CCCn1c(C)c(C(=O)O)c(NC)c(Cl)c1=O. The van der Waals surface area contributed by atoms with E-state index in [1.807, 2.05) is 6.92 Å². The minimum absolute atomic E-state index is 0.0468. The average Bonchev–Trinajstić information content (AvgIpc) is 2.28. The van der Waals surface area contributed by atoms with E-state index in [4.69, 9.17) is 11.6 Å². The number of aromatic nitrogens is 1. The number of hydrogen-bond acceptors (Lipinski definition) is 3. The van der Waals surface area contributed by atoms with Crippen molar-refractivity contribution in [2.24, 2.45) is 0 Å². The molecule has 5 nitrogen and oxygen atoms in total. The zero-order chi connectivity index (χ0) is 13.2. The van der Waals surface area contributed by atoms with E-state index in [0.29, 0.717) is 12.2 Å². The van der Waals surface area contributed by atoms with Gasteiger partial charge in [-0.05, 0) is 13.3 Å². The number of carbonyl (C=O) groups is 1. The third-order valence-electron chi connectivity index (χ3n) is 2.58. The number of pyridine rings is 1. The number of carboxylic acid groups (broad SMARTS) is 1. The fourth-order valence-electron chi connectivity index (χ4n) is 1.79. The molecular weight excluding hydrogens is 244 g/mol. The largest absolute Gasteiger partial charge is 0.478 e. The second-order valence-corrected chi connectivity index (χ2v) is 4.04. The lowest BCUT2D eigenvalue weighted by molar-refractivity contribution is 0.0696. The van der Waals surface area contributed by atoms with Crippen LogP contribution in [0.2, 0.25) is 5.02 Å². The quantitative estimate of drug-likeness (QED) is 0.866. The van der Waals surface area contributed by atoms with Crippen LogP contribution in [0.4, 0.5) is 5.69 Å². The van der Waals surface area contributed by atoms with Crippen molar-refractivity contribution < 1.29 is 9.90 Å². The summed E-state index contributed by atoms with van der Waals surface area (Å²) in [6, 6.07) is 0. The molecule has 2 N–H and O–H groups in total. The fraction of sp³-hybridized carbons (Fsp3) is 0.455. The third kappa shape index (κ3) is 2.29. The molecule has 0 amide bonds. The molecule has 0 aromatic carbocycles. The molecule has 0 aliphatic carbocycles. The number of rotatable bonds is 4. The van der Waals surface area contributed by atoms with Gasteiger partial charge in [0.25, 0.3) is 5.56 Å². The molecule has 6 heteroatoms. The van der Waals surface area contributed by atoms with Gasteiger partial charge in [-0.2, -0.15) is 0 Å². The zero-order valence-corrected chi connectivity index (χ0v) is 10.8. The maximum Gasteiger partial charge on any atom is 0.339 e. The van der Waals surface area contributed by atoms with E-state index < -0.39 is 5.97 Å². The first-order valence-corrected chi connectivity index (χ1v) is 5.67. The van der Waals surface area contributed by atoms with Crippen LogP contribution in [0.3, 0.4) is 0 Å². The number of nitrogens with zero attached hydrogens (tertiary/aromatic N) is 1. The molecule has 0 unspecified atom stereocenters. The summed E-state index contributed by atoms with van der Waals surface area (Å²) in [5.41, 5.74) is 0.276. The molecule has 0 bridgehead atoms. The summed E-state index contributed by atoms with van der Waals surface area (Å²) in [5.74, 6) is -1.10. The normalized spacial score (nSPS) is 10.4. The Labute approximate surface area is 104 Å². The molecule has 1 aromatic rings. The van der Waals surface area contributed by atoms with Gasteiger partial charge in [-0.1, -0.05) is 18.5 Å². The topological polar surface area (TPSA) is 71.3 Å². The van der Waals surface area contributed by atoms with E-state index in [-0.39, 0.29) is 21.8 Å². The highest BCUT2D eigenvalue weighted by atomic mass is 35.5. The second-order valence-electron chi connectivity index (χ2n) is 3.66. The molecular formula is C11H15ClN2O3. The Balaban J connectivity index is 3.69. The molecule has 1 heterocycles.